The molecule has 0 aromatic heterocycles. The molecule has 0 saturated carbocycles. The van der Waals surface area contributed by atoms with Gasteiger partial charge in [-0.3, -0.25) is 0 Å². The van der Waals surface area contributed by atoms with Crippen LogP contribution >= 0.6 is 0 Å². The van der Waals surface area contributed by atoms with Gasteiger partial charge in [0.15, 0.2) is 0 Å². The quantitative estimate of drug-likeness (QED) is 0.660. The second-order valence-electron chi connectivity index (χ2n) is 6.29. The number of hydrogen-bond acceptors (Lipinski definition) is 2. The van der Waals surface area contributed by atoms with E-state index in [9.17, 15) is 4.39 Å². The molecule has 0 aliphatic heterocycles. The number of alkyl halides is 1. The Balaban J connectivity index is 2.12. The number of benzene rings is 1. The molecular weight excluding hydrogens is 291 g/mol. The molecule has 1 aliphatic carbocycles. The van der Waals surface area contributed by atoms with Crippen molar-refractivity contribution in [2.45, 2.75) is 46.3 Å². The summed E-state index contributed by atoms with van der Waals surface area (Å²) in [5, 5.41) is 3.32. The van der Waals surface area contributed by atoms with Crippen LogP contribution in [0.15, 0.2) is 40.6 Å². The van der Waals surface area contributed by atoms with Gasteiger partial charge in [0.25, 0.3) is 0 Å². The Bertz CT molecular complexity index is 661. The summed E-state index contributed by atoms with van der Waals surface area (Å²) in [5.41, 5.74) is 9.90. The fourth-order valence-corrected chi connectivity index (χ4v) is 2.83. The molecule has 0 saturated heterocycles. The SMILES string of the molecule is C=C(N=C(N)N=C(C)[C@@H](C)F)N[C@H]1c2cc(C)ccc2CC1C. The third-order valence-electron chi connectivity index (χ3n) is 4.19. The number of aliphatic imine (C=N–C) groups is 2. The molecule has 4 nitrogen and oxygen atoms in total. The molecule has 0 amide bonds. The molecule has 2 rings (SSSR count). The normalized spacial score (nSPS) is 22.7. The molecule has 124 valence electrons. The molecule has 0 fully saturated rings. The summed E-state index contributed by atoms with van der Waals surface area (Å²) in [6.07, 6.45) is -0.120. The van der Waals surface area contributed by atoms with Gasteiger partial charge in [0.05, 0.1) is 11.8 Å². The minimum absolute atomic E-state index is 0.0135. The second-order valence-corrected chi connectivity index (χ2v) is 6.29. The van der Waals surface area contributed by atoms with Gasteiger partial charge in [-0.15, -0.1) is 0 Å². The van der Waals surface area contributed by atoms with Gasteiger partial charge in [-0.1, -0.05) is 37.3 Å². The van der Waals surface area contributed by atoms with Crippen LogP contribution in [0.3, 0.4) is 0 Å². The molecular formula is C18H25FN4. The first-order valence-electron chi connectivity index (χ1n) is 7.86. The van der Waals surface area contributed by atoms with E-state index in [1.807, 2.05) is 0 Å². The number of fused-ring (bicyclic) bond motifs is 1. The van der Waals surface area contributed by atoms with Crippen molar-refractivity contribution >= 4 is 11.7 Å². The minimum atomic E-state index is -1.14. The topological polar surface area (TPSA) is 62.8 Å². The van der Waals surface area contributed by atoms with Gasteiger partial charge in [-0.25, -0.2) is 9.38 Å². The van der Waals surface area contributed by atoms with Gasteiger partial charge in [-0.2, -0.15) is 4.99 Å². The van der Waals surface area contributed by atoms with Crippen molar-refractivity contribution in [2.75, 3.05) is 0 Å². The van der Waals surface area contributed by atoms with Crippen LogP contribution in [0.5, 0.6) is 0 Å². The summed E-state index contributed by atoms with van der Waals surface area (Å²) >= 11 is 0. The first kappa shape index (κ1) is 17.2. The lowest BCUT2D eigenvalue weighted by molar-refractivity contribution is 0.448. The van der Waals surface area contributed by atoms with Crippen LogP contribution in [-0.2, 0) is 6.42 Å². The van der Waals surface area contributed by atoms with Crippen molar-refractivity contribution in [3.63, 3.8) is 0 Å². The Morgan fingerprint density at radius 2 is 2.13 bits per heavy atom. The average molecular weight is 316 g/mol. The smallest absolute Gasteiger partial charge is 0.221 e. The summed E-state index contributed by atoms with van der Waals surface area (Å²) in [6.45, 7) is 11.2. The van der Waals surface area contributed by atoms with E-state index in [1.54, 1.807) is 6.92 Å². The third-order valence-corrected chi connectivity index (χ3v) is 4.19. The van der Waals surface area contributed by atoms with Crippen LogP contribution in [0.1, 0.15) is 43.5 Å². The van der Waals surface area contributed by atoms with E-state index >= 15 is 0 Å². The van der Waals surface area contributed by atoms with Crippen LogP contribution in [0.4, 0.5) is 4.39 Å². The van der Waals surface area contributed by atoms with Crippen molar-refractivity contribution in [3.8, 4) is 0 Å². The van der Waals surface area contributed by atoms with E-state index in [-0.39, 0.29) is 12.0 Å². The zero-order valence-corrected chi connectivity index (χ0v) is 14.2. The number of aryl methyl sites for hydroxylation is 1. The largest absolute Gasteiger partial charge is 0.368 e. The Kier molecular flexibility index (Phi) is 5.19. The lowest BCUT2D eigenvalue weighted by Crippen LogP contribution is -2.24. The summed E-state index contributed by atoms with van der Waals surface area (Å²) in [6, 6.07) is 6.66. The number of rotatable bonds is 4. The van der Waals surface area contributed by atoms with Crippen molar-refractivity contribution in [1.29, 1.82) is 0 Å². The number of guanidine groups is 1. The number of halogens is 1. The fourth-order valence-electron chi connectivity index (χ4n) is 2.83. The summed E-state index contributed by atoms with van der Waals surface area (Å²) in [7, 11) is 0. The van der Waals surface area contributed by atoms with Crippen LogP contribution in [0.25, 0.3) is 0 Å². The van der Waals surface area contributed by atoms with E-state index in [0.717, 1.165) is 6.42 Å². The maximum Gasteiger partial charge on any atom is 0.221 e. The number of nitrogens with two attached hydrogens (primary N) is 1. The van der Waals surface area contributed by atoms with Gasteiger partial charge in [-0.05, 0) is 44.2 Å². The highest BCUT2D eigenvalue weighted by atomic mass is 19.1. The predicted octanol–water partition coefficient (Wildman–Crippen LogP) is 3.42. The van der Waals surface area contributed by atoms with Crippen LogP contribution in [0, 0.1) is 12.8 Å². The van der Waals surface area contributed by atoms with Gasteiger partial charge >= 0.3 is 0 Å². The zero-order valence-electron chi connectivity index (χ0n) is 14.2. The van der Waals surface area contributed by atoms with Gasteiger partial charge in [0.1, 0.15) is 12.0 Å². The van der Waals surface area contributed by atoms with Crippen LogP contribution in [-0.4, -0.2) is 17.8 Å². The van der Waals surface area contributed by atoms with Crippen molar-refractivity contribution in [1.82, 2.24) is 5.32 Å². The van der Waals surface area contributed by atoms with Gasteiger partial charge in [0.2, 0.25) is 5.96 Å². The van der Waals surface area contributed by atoms with Crippen LogP contribution < -0.4 is 11.1 Å². The van der Waals surface area contributed by atoms with E-state index < -0.39 is 6.17 Å². The average Bonchev–Trinajstić information content (AvgIpc) is 2.74. The standard InChI is InChI=1S/C18H25FN4/c1-10-6-7-15-9-11(2)17(16(15)8-10)22-14(5)23-18(20)21-13(4)12(3)19/h6-8,11-12,17,22H,5,9H2,1-4H3,(H2,20,23)/t11?,12-,17-/m1/s1. The maximum atomic E-state index is 13.1. The van der Waals surface area contributed by atoms with E-state index in [0.29, 0.717) is 17.5 Å². The Morgan fingerprint density at radius 3 is 2.78 bits per heavy atom. The highest BCUT2D eigenvalue weighted by Crippen LogP contribution is 2.36. The summed E-state index contributed by atoms with van der Waals surface area (Å²) < 4.78 is 13.1. The van der Waals surface area contributed by atoms with Crippen molar-refractivity contribution in [3.05, 3.63) is 47.3 Å². The zero-order chi connectivity index (χ0) is 17.1. The summed E-state index contributed by atoms with van der Waals surface area (Å²) in [5.74, 6) is 0.896. The number of nitrogens with zero attached hydrogens (tertiary/aromatic N) is 2. The van der Waals surface area contributed by atoms with Gasteiger partial charge in [0, 0.05) is 0 Å². The predicted molar refractivity (Wildman–Crippen MR) is 94.4 cm³/mol. The van der Waals surface area contributed by atoms with Crippen LogP contribution in [0.2, 0.25) is 0 Å². The Hall–Kier alpha value is -2.17. The molecule has 3 atom stereocenters. The number of nitrogens with one attached hydrogen (secondary N) is 1. The van der Waals surface area contributed by atoms with Gasteiger partial charge < -0.3 is 11.1 Å². The van der Waals surface area contributed by atoms with E-state index in [4.69, 9.17) is 5.73 Å². The number of hydrogen-bond donors (Lipinski definition) is 2. The Morgan fingerprint density at radius 1 is 1.43 bits per heavy atom. The first-order chi connectivity index (χ1) is 10.8. The molecule has 1 aliphatic rings. The minimum Gasteiger partial charge on any atom is -0.368 e. The highest BCUT2D eigenvalue weighted by molar-refractivity contribution is 5.97. The monoisotopic (exact) mass is 316 g/mol. The van der Waals surface area contributed by atoms with E-state index in [1.165, 1.54) is 23.6 Å². The molecule has 3 N–H and O–H groups in total. The Labute approximate surface area is 137 Å². The molecule has 5 heteroatoms. The maximum absolute atomic E-state index is 13.1. The first-order valence-corrected chi connectivity index (χ1v) is 7.86. The van der Waals surface area contributed by atoms with Crippen molar-refractivity contribution in [2.24, 2.45) is 21.6 Å². The fraction of sp³-hybridized carbons (Fsp3) is 0.444. The molecule has 1 aromatic rings. The van der Waals surface area contributed by atoms with Crippen molar-refractivity contribution < 1.29 is 4.39 Å². The molecule has 1 unspecified atom stereocenters. The highest BCUT2D eigenvalue weighted by Gasteiger charge is 2.29. The molecule has 0 bridgehead atoms. The molecule has 0 heterocycles. The third kappa shape index (κ3) is 4.18. The molecule has 1 aromatic carbocycles. The van der Waals surface area contributed by atoms with E-state index in [2.05, 4.69) is 53.9 Å². The lowest BCUT2D eigenvalue weighted by atomic mass is 10.0. The molecule has 23 heavy (non-hydrogen) atoms. The summed E-state index contributed by atoms with van der Waals surface area (Å²) in [4.78, 5) is 8.06. The lowest BCUT2D eigenvalue weighted by Gasteiger charge is -2.20. The molecule has 0 spiro atoms. The molecule has 0 radical (unpaired) electrons. The second kappa shape index (κ2) is 6.94.